The molecule has 0 heterocycles. The first-order valence-corrected chi connectivity index (χ1v) is 7.07. The normalized spacial score (nSPS) is 13.8. The second kappa shape index (κ2) is 5.69. The van der Waals surface area contributed by atoms with Crippen LogP contribution in [-0.4, -0.2) is 39.5 Å². The Balaban J connectivity index is 3.09. The molecule has 0 aromatic heterocycles. The van der Waals surface area contributed by atoms with Crippen molar-refractivity contribution in [3.05, 3.63) is 23.8 Å². The molecule has 2 N–H and O–H groups in total. The number of nitrogens with zero attached hydrogens (tertiary/aromatic N) is 1. The van der Waals surface area contributed by atoms with E-state index in [1.807, 2.05) is 6.92 Å². The first kappa shape index (κ1) is 14.9. The minimum absolute atomic E-state index is 0.205. The summed E-state index contributed by atoms with van der Waals surface area (Å²) in [6.45, 7) is 3.97. The number of anilines is 1. The zero-order valence-electron chi connectivity index (χ0n) is 11.2. The standard InChI is InChI=1S/C12H20N2O3S/c1-9-5-6-11(7-12(9)13)18(15,16)14(3)10(2)8-17-4/h5-7,10H,8,13H2,1-4H3. The van der Waals surface area contributed by atoms with Crippen LogP contribution in [-0.2, 0) is 14.8 Å². The van der Waals surface area contributed by atoms with Gasteiger partial charge in [-0.1, -0.05) is 6.07 Å². The summed E-state index contributed by atoms with van der Waals surface area (Å²) in [4.78, 5) is 0.205. The lowest BCUT2D eigenvalue weighted by molar-refractivity contribution is 0.149. The Morgan fingerprint density at radius 2 is 2.06 bits per heavy atom. The van der Waals surface area contributed by atoms with E-state index in [4.69, 9.17) is 10.5 Å². The molecule has 1 unspecified atom stereocenters. The van der Waals surface area contributed by atoms with Crippen LogP contribution in [0.3, 0.4) is 0 Å². The summed E-state index contributed by atoms with van der Waals surface area (Å²) in [5.74, 6) is 0. The van der Waals surface area contributed by atoms with Crippen molar-refractivity contribution in [3.8, 4) is 0 Å². The van der Waals surface area contributed by atoms with Gasteiger partial charge >= 0.3 is 0 Å². The molecule has 0 radical (unpaired) electrons. The Morgan fingerprint density at radius 3 is 2.56 bits per heavy atom. The lowest BCUT2D eigenvalue weighted by Gasteiger charge is -2.23. The van der Waals surface area contributed by atoms with Crippen LogP contribution in [0.15, 0.2) is 23.1 Å². The summed E-state index contributed by atoms with van der Waals surface area (Å²) in [6.07, 6.45) is 0. The number of sulfonamides is 1. The highest BCUT2D eigenvalue weighted by Gasteiger charge is 2.25. The third kappa shape index (κ3) is 3.01. The van der Waals surface area contributed by atoms with Crippen LogP contribution < -0.4 is 5.73 Å². The van der Waals surface area contributed by atoms with Gasteiger partial charge in [0.15, 0.2) is 0 Å². The fourth-order valence-corrected chi connectivity index (χ4v) is 2.91. The monoisotopic (exact) mass is 272 g/mol. The molecule has 0 bridgehead atoms. The molecule has 1 aromatic carbocycles. The van der Waals surface area contributed by atoms with Crippen LogP contribution >= 0.6 is 0 Å². The second-order valence-electron chi connectivity index (χ2n) is 4.34. The third-order valence-corrected chi connectivity index (χ3v) is 4.92. The molecule has 6 heteroatoms. The number of hydrogen-bond donors (Lipinski definition) is 1. The van der Waals surface area contributed by atoms with Gasteiger partial charge in [-0.2, -0.15) is 4.31 Å². The Hall–Kier alpha value is -1.11. The highest BCUT2D eigenvalue weighted by atomic mass is 32.2. The number of ether oxygens (including phenoxy) is 1. The van der Waals surface area contributed by atoms with Crippen LogP contribution in [0.1, 0.15) is 12.5 Å². The highest BCUT2D eigenvalue weighted by molar-refractivity contribution is 7.89. The van der Waals surface area contributed by atoms with Crippen LogP contribution in [0.25, 0.3) is 0 Å². The number of nitrogens with two attached hydrogens (primary N) is 1. The maximum absolute atomic E-state index is 12.3. The summed E-state index contributed by atoms with van der Waals surface area (Å²) < 4.78 is 30.9. The summed E-state index contributed by atoms with van der Waals surface area (Å²) in [6, 6.07) is 4.52. The van der Waals surface area contributed by atoms with Crippen molar-refractivity contribution in [3.63, 3.8) is 0 Å². The predicted molar refractivity (Wildman–Crippen MR) is 71.9 cm³/mol. The third-order valence-electron chi connectivity index (χ3n) is 2.96. The van der Waals surface area contributed by atoms with Gasteiger partial charge in [0.25, 0.3) is 0 Å². The number of aryl methyl sites for hydroxylation is 1. The van der Waals surface area contributed by atoms with E-state index in [9.17, 15) is 8.42 Å². The molecular weight excluding hydrogens is 252 g/mol. The highest BCUT2D eigenvalue weighted by Crippen LogP contribution is 2.21. The van der Waals surface area contributed by atoms with Crippen molar-refractivity contribution in [1.29, 1.82) is 0 Å². The van der Waals surface area contributed by atoms with Gasteiger partial charge in [-0.15, -0.1) is 0 Å². The average Bonchev–Trinajstić information content (AvgIpc) is 2.31. The van der Waals surface area contributed by atoms with Gasteiger partial charge in [-0.05, 0) is 31.5 Å². The topological polar surface area (TPSA) is 72.6 Å². The number of benzene rings is 1. The van der Waals surface area contributed by atoms with Gasteiger partial charge in [0.2, 0.25) is 10.0 Å². The molecular formula is C12H20N2O3S. The Bertz CT molecular complexity index is 514. The van der Waals surface area contributed by atoms with E-state index >= 15 is 0 Å². The van der Waals surface area contributed by atoms with E-state index in [1.165, 1.54) is 17.4 Å². The fourth-order valence-electron chi connectivity index (χ4n) is 1.53. The van der Waals surface area contributed by atoms with E-state index in [-0.39, 0.29) is 10.9 Å². The number of hydrogen-bond acceptors (Lipinski definition) is 4. The molecule has 0 fully saturated rings. The van der Waals surface area contributed by atoms with Crippen LogP contribution in [0.2, 0.25) is 0 Å². The Morgan fingerprint density at radius 1 is 1.44 bits per heavy atom. The molecule has 1 rings (SSSR count). The van der Waals surface area contributed by atoms with Crippen molar-refractivity contribution in [2.75, 3.05) is 26.5 Å². The molecule has 102 valence electrons. The molecule has 0 spiro atoms. The summed E-state index contributed by atoms with van der Waals surface area (Å²) in [7, 11) is -0.447. The summed E-state index contributed by atoms with van der Waals surface area (Å²) >= 11 is 0. The molecule has 1 aromatic rings. The molecule has 0 aliphatic heterocycles. The van der Waals surface area contributed by atoms with Crippen molar-refractivity contribution in [2.45, 2.75) is 24.8 Å². The molecule has 0 amide bonds. The molecule has 0 aliphatic rings. The zero-order valence-corrected chi connectivity index (χ0v) is 12.0. The fraction of sp³-hybridized carbons (Fsp3) is 0.500. The minimum Gasteiger partial charge on any atom is -0.398 e. The van der Waals surface area contributed by atoms with Gasteiger partial charge in [0.05, 0.1) is 11.5 Å². The molecule has 0 saturated carbocycles. The first-order chi connectivity index (χ1) is 8.30. The Kier molecular flexibility index (Phi) is 4.72. The maximum atomic E-state index is 12.3. The molecule has 0 aliphatic carbocycles. The van der Waals surface area contributed by atoms with Crippen LogP contribution in [0.4, 0.5) is 5.69 Å². The van der Waals surface area contributed by atoms with Gasteiger partial charge in [0.1, 0.15) is 0 Å². The van der Waals surface area contributed by atoms with Crippen molar-refractivity contribution in [2.24, 2.45) is 0 Å². The largest absolute Gasteiger partial charge is 0.398 e. The smallest absolute Gasteiger partial charge is 0.243 e. The lowest BCUT2D eigenvalue weighted by Crippen LogP contribution is -2.37. The number of methoxy groups -OCH3 is 1. The average molecular weight is 272 g/mol. The number of likely N-dealkylation sites (N-methyl/N-ethyl adjacent to an activating group) is 1. The minimum atomic E-state index is -3.53. The SMILES string of the molecule is COCC(C)N(C)S(=O)(=O)c1ccc(C)c(N)c1. The zero-order chi connectivity index (χ0) is 13.9. The van der Waals surface area contributed by atoms with Crippen molar-refractivity contribution < 1.29 is 13.2 Å². The van der Waals surface area contributed by atoms with Gasteiger partial charge < -0.3 is 10.5 Å². The lowest BCUT2D eigenvalue weighted by atomic mass is 10.2. The Labute approximate surface area is 109 Å². The van der Waals surface area contributed by atoms with E-state index in [2.05, 4.69) is 0 Å². The van der Waals surface area contributed by atoms with Gasteiger partial charge in [0, 0.05) is 25.9 Å². The second-order valence-corrected chi connectivity index (χ2v) is 6.34. The van der Waals surface area contributed by atoms with E-state index in [1.54, 1.807) is 26.2 Å². The molecule has 0 saturated heterocycles. The maximum Gasteiger partial charge on any atom is 0.243 e. The van der Waals surface area contributed by atoms with E-state index < -0.39 is 10.0 Å². The van der Waals surface area contributed by atoms with E-state index in [0.29, 0.717) is 12.3 Å². The van der Waals surface area contributed by atoms with Gasteiger partial charge in [-0.3, -0.25) is 0 Å². The molecule has 1 atom stereocenters. The number of nitrogen functional groups attached to an aromatic ring is 1. The van der Waals surface area contributed by atoms with E-state index in [0.717, 1.165) is 5.56 Å². The van der Waals surface area contributed by atoms with Gasteiger partial charge in [-0.25, -0.2) is 8.42 Å². The quantitative estimate of drug-likeness (QED) is 0.818. The summed E-state index contributed by atoms with van der Waals surface area (Å²) in [5.41, 5.74) is 7.08. The van der Waals surface area contributed by atoms with Crippen LogP contribution in [0.5, 0.6) is 0 Å². The predicted octanol–water partition coefficient (Wildman–Crippen LogP) is 1.23. The summed E-state index contributed by atoms with van der Waals surface area (Å²) in [5, 5.41) is 0. The molecule has 5 nitrogen and oxygen atoms in total. The number of rotatable bonds is 5. The van der Waals surface area contributed by atoms with Crippen LogP contribution in [0, 0.1) is 6.92 Å². The molecule has 18 heavy (non-hydrogen) atoms. The first-order valence-electron chi connectivity index (χ1n) is 5.63. The van der Waals surface area contributed by atoms with Crippen molar-refractivity contribution in [1.82, 2.24) is 4.31 Å². The van der Waals surface area contributed by atoms with Crippen molar-refractivity contribution >= 4 is 15.7 Å².